The number of nitrogens with zero attached hydrogens (tertiary/aromatic N) is 2. The maximum atomic E-state index is 12.0. The topological polar surface area (TPSA) is 51.7 Å². The van der Waals surface area contributed by atoms with Crippen molar-refractivity contribution in [3.63, 3.8) is 0 Å². The van der Waals surface area contributed by atoms with Crippen molar-refractivity contribution < 1.29 is 14.4 Å². The fourth-order valence-electron chi connectivity index (χ4n) is 1.75. The van der Waals surface area contributed by atoms with Gasteiger partial charge in [-0.2, -0.15) is 0 Å². The average molecular weight is 272 g/mol. The molecule has 0 aliphatic carbocycles. The molecule has 2 aromatic rings. The number of aromatic nitrogens is 1. The van der Waals surface area contributed by atoms with Crippen LogP contribution in [0.5, 0.6) is 5.75 Å². The predicted molar refractivity (Wildman–Crippen MR) is 75.3 cm³/mol. The number of benzene rings is 1. The molecule has 20 heavy (non-hydrogen) atoms. The molecule has 0 radical (unpaired) electrons. The van der Waals surface area contributed by atoms with E-state index in [1.807, 2.05) is 30.3 Å². The normalized spacial score (nSPS) is 10.2. The van der Waals surface area contributed by atoms with Crippen LogP contribution in [0.3, 0.4) is 0 Å². The Morgan fingerprint density at radius 1 is 1.10 bits per heavy atom. The molecule has 104 valence electrons. The maximum Gasteiger partial charge on any atom is 0.295 e. The van der Waals surface area contributed by atoms with Crippen LogP contribution in [0.2, 0.25) is 0 Å². The molecule has 0 atom stereocenters. The molecule has 2 rings (SSSR count). The highest BCUT2D eigenvalue weighted by Gasteiger charge is 2.13. The number of rotatable bonds is 4. The van der Waals surface area contributed by atoms with E-state index in [4.69, 9.17) is 9.57 Å². The number of amides is 1. The van der Waals surface area contributed by atoms with Gasteiger partial charge in [0.1, 0.15) is 11.4 Å². The van der Waals surface area contributed by atoms with Crippen LogP contribution < -0.4 is 4.74 Å². The second-order valence-electron chi connectivity index (χ2n) is 4.14. The minimum Gasteiger partial charge on any atom is -0.497 e. The summed E-state index contributed by atoms with van der Waals surface area (Å²) in [6, 6.07) is 11.2. The first kappa shape index (κ1) is 14.0. The van der Waals surface area contributed by atoms with Crippen LogP contribution >= 0.6 is 0 Å². The number of hydroxylamine groups is 2. The molecule has 1 heterocycles. The molecule has 0 saturated heterocycles. The number of ether oxygens (including phenoxy) is 1. The van der Waals surface area contributed by atoms with Crippen LogP contribution in [-0.2, 0) is 4.84 Å². The van der Waals surface area contributed by atoms with Gasteiger partial charge >= 0.3 is 0 Å². The molecular weight excluding hydrogens is 256 g/mol. The van der Waals surface area contributed by atoms with Gasteiger partial charge in [-0.15, -0.1) is 0 Å². The summed E-state index contributed by atoms with van der Waals surface area (Å²) in [5.41, 5.74) is 2.24. The Kier molecular flexibility index (Phi) is 4.32. The van der Waals surface area contributed by atoms with Gasteiger partial charge in [-0.1, -0.05) is 12.1 Å². The van der Waals surface area contributed by atoms with Gasteiger partial charge in [0.05, 0.1) is 14.2 Å². The summed E-state index contributed by atoms with van der Waals surface area (Å²) in [6.07, 6.45) is 1.61. The lowest BCUT2D eigenvalue weighted by Gasteiger charge is -2.13. The minimum absolute atomic E-state index is 0.289. The second-order valence-corrected chi connectivity index (χ2v) is 4.14. The van der Waals surface area contributed by atoms with Crippen molar-refractivity contribution in [2.75, 3.05) is 21.3 Å². The monoisotopic (exact) mass is 272 g/mol. The number of methoxy groups -OCH3 is 1. The van der Waals surface area contributed by atoms with Gasteiger partial charge in [0.2, 0.25) is 0 Å². The lowest BCUT2D eigenvalue weighted by molar-refractivity contribution is -0.0760. The first-order valence-electron chi connectivity index (χ1n) is 6.08. The largest absolute Gasteiger partial charge is 0.497 e. The Morgan fingerprint density at radius 3 is 2.40 bits per heavy atom. The molecule has 0 unspecified atom stereocenters. The number of carbonyl (C=O) groups excluding carboxylic acids is 1. The molecule has 5 heteroatoms. The van der Waals surface area contributed by atoms with Crippen molar-refractivity contribution in [2.45, 2.75) is 0 Å². The van der Waals surface area contributed by atoms with E-state index in [2.05, 4.69) is 4.98 Å². The molecule has 0 aliphatic heterocycles. The zero-order chi connectivity index (χ0) is 14.5. The van der Waals surface area contributed by atoms with E-state index in [0.29, 0.717) is 5.69 Å². The van der Waals surface area contributed by atoms with Crippen LogP contribution in [0.25, 0.3) is 11.1 Å². The van der Waals surface area contributed by atoms with Gasteiger partial charge in [-0.25, -0.2) is 5.06 Å². The van der Waals surface area contributed by atoms with Gasteiger partial charge < -0.3 is 4.74 Å². The first-order valence-corrected chi connectivity index (χ1v) is 6.08. The van der Waals surface area contributed by atoms with E-state index in [9.17, 15) is 4.79 Å². The van der Waals surface area contributed by atoms with Crippen molar-refractivity contribution in [3.8, 4) is 16.9 Å². The zero-order valence-electron chi connectivity index (χ0n) is 11.7. The lowest BCUT2D eigenvalue weighted by Crippen LogP contribution is -2.26. The number of hydrogen-bond acceptors (Lipinski definition) is 4. The number of carbonyl (C=O) groups is 1. The van der Waals surface area contributed by atoms with Crippen LogP contribution in [0.15, 0.2) is 42.6 Å². The Morgan fingerprint density at radius 2 is 1.80 bits per heavy atom. The van der Waals surface area contributed by atoms with E-state index in [1.165, 1.54) is 7.11 Å². The van der Waals surface area contributed by atoms with E-state index in [0.717, 1.165) is 21.9 Å². The second kappa shape index (κ2) is 6.16. The highest BCUT2D eigenvalue weighted by Crippen LogP contribution is 2.22. The highest BCUT2D eigenvalue weighted by molar-refractivity contribution is 5.92. The summed E-state index contributed by atoms with van der Waals surface area (Å²) in [4.78, 5) is 20.9. The van der Waals surface area contributed by atoms with Crippen molar-refractivity contribution in [1.29, 1.82) is 0 Å². The van der Waals surface area contributed by atoms with Gasteiger partial charge in [-0.05, 0) is 35.4 Å². The van der Waals surface area contributed by atoms with Gasteiger partial charge in [0, 0.05) is 13.2 Å². The molecule has 0 fully saturated rings. The van der Waals surface area contributed by atoms with Crippen molar-refractivity contribution in [1.82, 2.24) is 10.0 Å². The third-order valence-electron chi connectivity index (χ3n) is 2.96. The molecule has 0 saturated carbocycles. The lowest BCUT2D eigenvalue weighted by atomic mass is 10.1. The molecule has 1 aromatic carbocycles. The smallest absolute Gasteiger partial charge is 0.295 e. The Balaban J connectivity index is 2.31. The van der Waals surface area contributed by atoms with E-state index < -0.39 is 0 Å². The molecule has 0 N–H and O–H groups in total. The summed E-state index contributed by atoms with van der Waals surface area (Å²) in [5.74, 6) is 0.501. The fourth-order valence-corrected chi connectivity index (χ4v) is 1.75. The molecule has 0 bridgehead atoms. The van der Waals surface area contributed by atoms with Crippen molar-refractivity contribution in [2.24, 2.45) is 0 Å². The molecular formula is C15H16N2O3. The van der Waals surface area contributed by atoms with Gasteiger partial charge in [0.25, 0.3) is 5.91 Å². The SMILES string of the molecule is COc1ccc(-c2ccnc(C(=O)N(C)OC)c2)cc1. The Labute approximate surface area is 117 Å². The summed E-state index contributed by atoms with van der Waals surface area (Å²) < 4.78 is 5.12. The summed E-state index contributed by atoms with van der Waals surface area (Å²) >= 11 is 0. The van der Waals surface area contributed by atoms with Crippen LogP contribution in [0, 0.1) is 0 Å². The van der Waals surface area contributed by atoms with Crippen LogP contribution in [0.1, 0.15) is 10.5 Å². The van der Waals surface area contributed by atoms with Crippen LogP contribution in [0.4, 0.5) is 0 Å². The number of pyridine rings is 1. The minimum atomic E-state index is -0.289. The molecule has 1 amide bonds. The first-order chi connectivity index (χ1) is 9.65. The quantitative estimate of drug-likeness (QED) is 0.802. The van der Waals surface area contributed by atoms with E-state index in [1.54, 1.807) is 26.4 Å². The molecule has 5 nitrogen and oxygen atoms in total. The van der Waals surface area contributed by atoms with Gasteiger partial charge in [0.15, 0.2) is 0 Å². The van der Waals surface area contributed by atoms with Crippen LogP contribution in [-0.4, -0.2) is 37.2 Å². The standard InChI is InChI=1S/C15H16N2O3/c1-17(20-3)15(18)14-10-12(8-9-16-14)11-4-6-13(19-2)7-5-11/h4-10H,1-3H3. The summed E-state index contributed by atoms with van der Waals surface area (Å²) in [7, 11) is 4.61. The van der Waals surface area contributed by atoms with Gasteiger partial charge in [-0.3, -0.25) is 14.6 Å². The van der Waals surface area contributed by atoms with E-state index >= 15 is 0 Å². The Hall–Kier alpha value is -2.40. The Bertz CT molecular complexity index is 596. The van der Waals surface area contributed by atoms with Crippen molar-refractivity contribution >= 4 is 5.91 Å². The molecule has 1 aromatic heterocycles. The summed E-state index contributed by atoms with van der Waals surface area (Å²) in [6.45, 7) is 0. The maximum absolute atomic E-state index is 12.0. The number of hydrogen-bond donors (Lipinski definition) is 0. The zero-order valence-corrected chi connectivity index (χ0v) is 11.7. The fraction of sp³-hybridized carbons (Fsp3) is 0.200. The third kappa shape index (κ3) is 2.95. The molecule has 0 spiro atoms. The highest BCUT2D eigenvalue weighted by atomic mass is 16.7. The van der Waals surface area contributed by atoms with Crippen molar-refractivity contribution in [3.05, 3.63) is 48.3 Å². The predicted octanol–water partition coefficient (Wildman–Crippen LogP) is 2.39. The third-order valence-corrected chi connectivity index (χ3v) is 2.96. The average Bonchev–Trinajstić information content (AvgIpc) is 2.53. The van der Waals surface area contributed by atoms with E-state index in [-0.39, 0.29) is 5.91 Å². The summed E-state index contributed by atoms with van der Waals surface area (Å²) in [5, 5.41) is 1.14. The molecule has 0 aliphatic rings.